The Morgan fingerprint density at radius 1 is 0.505 bits per heavy atom. The van der Waals surface area contributed by atoms with Crippen LogP contribution in [0, 0.1) is 7.14 Å². The molecule has 4 aromatic heterocycles. The highest BCUT2D eigenvalue weighted by molar-refractivity contribution is 14.1. The number of carboxylic acids is 1. The third kappa shape index (κ3) is 19.9. The van der Waals surface area contributed by atoms with Crippen LogP contribution in [-0.2, 0) is 32.4 Å². The van der Waals surface area contributed by atoms with Crippen LogP contribution in [0.4, 0.5) is 27.5 Å². The number of aromatic nitrogens is 6. The molecular formula is C72H81I2N13O12. The molecule has 8 N–H and O–H groups in total. The maximum absolute atomic E-state index is 13.1. The summed E-state index contributed by atoms with van der Waals surface area (Å²) in [7, 11) is 14.9. The van der Waals surface area contributed by atoms with Gasteiger partial charge in [-0.1, -0.05) is 50.2 Å². The van der Waals surface area contributed by atoms with E-state index in [1.54, 1.807) is 127 Å². The average molecular weight is 1570 g/mol. The lowest BCUT2D eigenvalue weighted by molar-refractivity contribution is 0.0696. The fraction of sp³-hybridized carbons (Fsp3) is 0.264. The normalized spacial score (nSPS) is 10.7. The zero-order valence-electron chi connectivity index (χ0n) is 57.0. The van der Waals surface area contributed by atoms with E-state index >= 15 is 0 Å². The Hall–Kier alpha value is -9.95. The molecule has 99 heavy (non-hydrogen) atoms. The van der Waals surface area contributed by atoms with Crippen molar-refractivity contribution in [3.05, 3.63) is 175 Å². The van der Waals surface area contributed by atoms with Crippen molar-refractivity contribution in [2.45, 2.75) is 40.2 Å². The molecule has 4 heterocycles. The highest BCUT2D eigenvalue weighted by atomic mass is 127. The summed E-state index contributed by atoms with van der Waals surface area (Å²) in [5.41, 5.74) is 28.0. The lowest BCUT2D eigenvalue weighted by Crippen LogP contribution is -2.24. The second kappa shape index (κ2) is 36.6. The molecule has 0 saturated heterocycles. The van der Waals surface area contributed by atoms with Crippen LogP contribution >= 0.6 is 45.2 Å². The average Bonchev–Trinajstić information content (AvgIpc) is 1.64. The number of nitrogens with two attached hydrogens (primary N) is 3. The maximum Gasteiger partial charge on any atom is 0.411 e. The van der Waals surface area contributed by atoms with Gasteiger partial charge in [-0.05, 0) is 166 Å². The summed E-state index contributed by atoms with van der Waals surface area (Å²) in [6, 6.07) is 40.4. The molecule has 0 radical (unpaired) electrons. The van der Waals surface area contributed by atoms with Gasteiger partial charge in [-0.25, -0.2) is 28.9 Å². The molecule has 0 saturated carbocycles. The summed E-state index contributed by atoms with van der Waals surface area (Å²) in [5, 5.41) is 22.6. The van der Waals surface area contributed by atoms with Gasteiger partial charge in [0.2, 0.25) is 0 Å². The SMILES string of the molecule is CCCOCn1nc(-c2ccccc2OC)c2cc(-c3ccc(N)c(C(=O)N(C)C)c3)cnc21.CCCOCn1nc(-c2ccccc2OC)c2cc(-c3ccc(NC(=O)OCCOC)c(C(=O)N(C)C)c3)cnc21.CN(C)C(=O)c1cc(I)ccc1N.Nc1ccc(I)cc1C(=O)O. The molecule has 0 aliphatic carbocycles. The van der Waals surface area contributed by atoms with E-state index in [1.165, 1.54) is 27.9 Å². The molecule has 0 aliphatic heterocycles. The number of fused-ring (bicyclic) bond motifs is 2. The first kappa shape index (κ1) is 76.4. The Labute approximate surface area is 601 Å². The van der Waals surface area contributed by atoms with E-state index in [-0.39, 0.29) is 43.2 Å². The number of amides is 4. The van der Waals surface area contributed by atoms with E-state index in [1.807, 2.05) is 108 Å². The maximum atomic E-state index is 13.1. The number of ether oxygens (including phenoxy) is 6. The summed E-state index contributed by atoms with van der Waals surface area (Å²) in [4.78, 5) is 74.0. The summed E-state index contributed by atoms with van der Waals surface area (Å²) in [6.45, 7) is 6.27. The molecule has 0 bridgehead atoms. The number of nitrogens with one attached hydrogen (secondary N) is 1. The molecule has 4 amide bonds. The summed E-state index contributed by atoms with van der Waals surface area (Å²) < 4.78 is 38.1. The molecule has 520 valence electrons. The van der Waals surface area contributed by atoms with Gasteiger partial charge in [0.05, 0.1) is 48.8 Å². The van der Waals surface area contributed by atoms with Gasteiger partial charge in [0.15, 0.2) is 11.3 Å². The van der Waals surface area contributed by atoms with Crippen molar-refractivity contribution in [1.29, 1.82) is 0 Å². The van der Waals surface area contributed by atoms with E-state index in [0.717, 1.165) is 75.6 Å². The van der Waals surface area contributed by atoms with Gasteiger partial charge >= 0.3 is 12.1 Å². The van der Waals surface area contributed by atoms with Crippen LogP contribution in [-0.4, -0.2) is 169 Å². The van der Waals surface area contributed by atoms with Crippen molar-refractivity contribution in [3.63, 3.8) is 0 Å². The van der Waals surface area contributed by atoms with E-state index in [4.69, 9.17) is 70.9 Å². The molecule has 0 fully saturated rings. The number of carboxylic acid groups (broad SMARTS) is 1. The highest BCUT2D eigenvalue weighted by Crippen LogP contribution is 2.38. The first-order chi connectivity index (χ1) is 47.4. The highest BCUT2D eigenvalue weighted by Gasteiger charge is 2.23. The largest absolute Gasteiger partial charge is 0.496 e. The van der Waals surface area contributed by atoms with Crippen LogP contribution in [0.2, 0.25) is 0 Å². The van der Waals surface area contributed by atoms with Gasteiger partial charge in [-0.3, -0.25) is 19.7 Å². The Kier molecular flexibility index (Phi) is 28.2. The zero-order chi connectivity index (χ0) is 72.0. The van der Waals surface area contributed by atoms with Crippen LogP contribution in [0.25, 0.3) is 66.8 Å². The lowest BCUT2D eigenvalue weighted by atomic mass is 10.0. The third-order valence-electron chi connectivity index (χ3n) is 14.7. The molecule has 0 aliphatic rings. The van der Waals surface area contributed by atoms with Gasteiger partial charge in [0, 0.05) is 132 Å². The quantitative estimate of drug-likeness (QED) is 0.0239. The molecule has 6 aromatic carbocycles. The third-order valence-corrected chi connectivity index (χ3v) is 16.0. The van der Waals surface area contributed by atoms with Crippen molar-refractivity contribution >= 4 is 120 Å². The van der Waals surface area contributed by atoms with Crippen molar-refractivity contribution in [2.75, 3.05) is 113 Å². The summed E-state index contributed by atoms with van der Waals surface area (Å²) in [5.74, 6) is -0.0596. The summed E-state index contributed by atoms with van der Waals surface area (Å²) >= 11 is 4.19. The number of hydrogen-bond donors (Lipinski definition) is 5. The Morgan fingerprint density at radius 3 is 1.35 bits per heavy atom. The van der Waals surface area contributed by atoms with Crippen molar-refractivity contribution < 1.29 is 57.5 Å². The van der Waals surface area contributed by atoms with Crippen molar-refractivity contribution in [3.8, 4) is 56.3 Å². The predicted octanol–water partition coefficient (Wildman–Crippen LogP) is 12.6. The number of carbonyl (C=O) groups is 5. The number of para-hydroxylation sites is 2. The number of carbonyl (C=O) groups excluding carboxylic acids is 4. The number of anilines is 4. The Morgan fingerprint density at radius 2 is 0.919 bits per heavy atom. The van der Waals surface area contributed by atoms with E-state index in [9.17, 15) is 24.0 Å². The first-order valence-corrected chi connectivity index (χ1v) is 33.2. The second-order valence-corrected chi connectivity index (χ2v) is 25.0. The molecule has 0 unspecified atom stereocenters. The molecule has 0 atom stereocenters. The molecule has 0 spiro atoms. The molecule has 27 heteroatoms. The number of benzene rings is 6. The topological polar surface area (TPSA) is 322 Å². The Bertz CT molecular complexity index is 4480. The predicted molar refractivity (Wildman–Crippen MR) is 402 cm³/mol. The number of nitrogens with zero attached hydrogens (tertiary/aromatic N) is 9. The van der Waals surface area contributed by atoms with Gasteiger partial charge in [0.1, 0.15) is 43.0 Å². The van der Waals surface area contributed by atoms with Gasteiger partial charge in [-0.2, -0.15) is 10.2 Å². The smallest absolute Gasteiger partial charge is 0.411 e. The van der Waals surface area contributed by atoms with Gasteiger partial charge < -0.3 is 65.4 Å². The fourth-order valence-electron chi connectivity index (χ4n) is 9.73. The van der Waals surface area contributed by atoms with Crippen LogP contribution in [0.15, 0.2) is 146 Å². The molecule has 10 rings (SSSR count). The number of nitrogen functional groups attached to an aromatic ring is 3. The van der Waals surface area contributed by atoms with Crippen molar-refractivity contribution in [2.24, 2.45) is 0 Å². The molecule has 25 nitrogen and oxygen atoms in total. The lowest BCUT2D eigenvalue weighted by Gasteiger charge is -2.16. The van der Waals surface area contributed by atoms with Crippen LogP contribution in [0.1, 0.15) is 68.1 Å². The number of methoxy groups -OCH3 is 3. The van der Waals surface area contributed by atoms with Crippen molar-refractivity contribution in [1.82, 2.24) is 44.2 Å². The van der Waals surface area contributed by atoms with E-state index in [2.05, 4.69) is 34.8 Å². The fourth-order valence-corrected chi connectivity index (χ4v) is 10.7. The minimum absolute atomic E-state index is 0.0592. The zero-order valence-corrected chi connectivity index (χ0v) is 61.3. The van der Waals surface area contributed by atoms with Crippen LogP contribution < -0.4 is 32.0 Å². The Balaban J connectivity index is 0.000000211. The number of aromatic carboxylic acids is 1. The van der Waals surface area contributed by atoms with E-state index in [0.29, 0.717) is 82.1 Å². The number of pyridine rings is 2. The monoisotopic (exact) mass is 1570 g/mol. The first-order valence-electron chi connectivity index (χ1n) is 31.1. The van der Waals surface area contributed by atoms with Gasteiger partial charge in [-0.15, -0.1) is 0 Å². The minimum Gasteiger partial charge on any atom is -0.496 e. The van der Waals surface area contributed by atoms with Gasteiger partial charge in [0.25, 0.3) is 17.7 Å². The van der Waals surface area contributed by atoms with Crippen LogP contribution in [0.5, 0.6) is 11.5 Å². The second-order valence-electron chi connectivity index (χ2n) is 22.5. The molecule has 10 aromatic rings. The number of halogens is 2. The molecular weight excluding hydrogens is 1490 g/mol. The number of hydrogen-bond acceptors (Lipinski definition) is 18. The minimum atomic E-state index is -0.985. The standard InChI is InChI=1S/C30H35N5O6.C26H29N5O3.C9H11IN2O.C7H6INO2/c1-6-13-40-19-35-28-24(27(33-35)22-9-7-8-10-26(22)39-5)17-21(18-31-28)20-11-12-25(23(16-20)29(36)34(2)3)32-30(37)41-15-14-38-4;1-5-12-34-16-31-25-21(24(29-31)19-8-6-7-9-23(19)33-4)14-18(15-28-25)17-10-11-22(27)20(13-17)26(32)30(2)3;1-12(2)9(13)7-5-6(10)3-4-8(7)11;8-4-1-2-6(9)5(3-4)7(10)11/h7-12,16-18H,6,13-15,19H2,1-5H3,(H,32,37);6-11,13-15H,5,12,16,27H2,1-4H3;3-5H,11H2,1-2H3;1-3H,9H2,(H,10,11). The van der Waals surface area contributed by atoms with Crippen LogP contribution in [0.3, 0.4) is 0 Å². The summed E-state index contributed by atoms with van der Waals surface area (Å²) in [6.07, 6.45) is 4.64. The van der Waals surface area contributed by atoms with E-state index < -0.39 is 12.1 Å². The number of rotatable bonds is 22.